The number of rotatable bonds is 13. The summed E-state index contributed by atoms with van der Waals surface area (Å²) < 4.78 is 1.63. The molecule has 1 aromatic heterocycles. The average Bonchev–Trinajstić information content (AvgIpc) is 3.51. The van der Waals surface area contributed by atoms with Crippen molar-refractivity contribution in [2.75, 3.05) is 36.6 Å². The molecule has 2 heterocycles. The van der Waals surface area contributed by atoms with Gasteiger partial charge in [-0.25, -0.2) is 9.48 Å². The quantitative estimate of drug-likeness (QED) is 0.129. The monoisotopic (exact) mass is 682 g/mol. The Kier molecular flexibility index (Phi) is 12.1. The number of hydrogen-bond acceptors (Lipinski definition) is 6. The summed E-state index contributed by atoms with van der Waals surface area (Å²) >= 11 is 1.62. The molecule has 49 heavy (non-hydrogen) atoms. The van der Waals surface area contributed by atoms with Gasteiger partial charge in [0.15, 0.2) is 5.69 Å². The third-order valence-corrected chi connectivity index (χ3v) is 9.59. The fraction of sp³-hybridized carbons (Fsp3) is 0.368. The third kappa shape index (κ3) is 8.52. The highest BCUT2D eigenvalue weighted by Gasteiger charge is 2.32. The summed E-state index contributed by atoms with van der Waals surface area (Å²) in [6, 6.07) is 21.4. The number of aliphatic hydroxyl groups excluding tert-OH is 1. The number of aryl methyl sites for hydroxylation is 1. The Bertz CT molecular complexity index is 1760. The van der Waals surface area contributed by atoms with Gasteiger partial charge in [0.25, 0.3) is 11.8 Å². The minimum absolute atomic E-state index is 0.134. The number of nitrogens with zero attached hydrogens (tertiary/aromatic N) is 4. The van der Waals surface area contributed by atoms with E-state index in [9.17, 15) is 19.5 Å². The normalized spacial score (nSPS) is 13.9. The molecule has 0 saturated heterocycles. The zero-order valence-electron chi connectivity index (χ0n) is 28.7. The van der Waals surface area contributed by atoms with E-state index in [0.29, 0.717) is 60.1 Å². The lowest BCUT2D eigenvalue weighted by molar-refractivity contribution is 0.0544. The lowest BCUT2D eigenvalue weighted by Crippen LogP contribution is -2.46. The van der Waals surface area contributed by atoms with Gasteiger partial charge in [0.1, 0.15) is 0 Å². The van der Waals surface area contributed by atoms with Crippen LogP contribution in [0.4, 0.5) is 16.2 Å². The van der Waals surface area contributed by atoms with Crippen molar-refractivity contribution in [3.8, 4) is 5.69 Å². The van der Waals surface area contributed by atoms with Gasteiger partial charge >= 0.3 is 6.03 Å². The number of aliphatic hydroxyl groups is 1. The molecule has 0 spiro atoms. The lowest BCUT2D eigenvalue weighted by atomic mass is 9.93. The van der Waals surface area contributed by atoms with Crippen LogP contribution in [0.2, 0.25) is 0 Å². The van der Waals surface area contributed by atoms with Gasteiger partial charge in [-0.2, -0.15) is 5.10 Å². The third-order valence-electron chi connectivity index (χ3n) is 8.84. The second-order valence-corrected chi connectivity index (χ2v) is 13.2. The number of carbonyl (C=O) groups is 3. The van der Waals surface area contributed by atoms with Gasteiger partial charge in [-0.3, -0.25) is 9.59 Å². The first-order chi connectivity index (χ1) is 23.8. The molecule has 5 rings (SSSR count). The summed E-state index contributed by atoms with van der Waals surface area (Å²) in [5.74, 6) is -0.444. The molecule has 3 aromatic carbocycles. The van der Waals surface area contributed by atoms with Crippen molar-refractivity contribution >= 4 is 41.0 Å². The van der Waals surface area contributed by atoms with Crippen molar-refractivity contribution in [1.29, 1.82) is 0 Å². The zero-order valence-corrected chi connectivity index (χ0v) is 29.6. The minimum atomic E-state index is -0.453. The number of anilines is 2. The zero-order chi connectivity index (χ0) is 34.9. The number of thioether (sulfide) groups is 1. The Morgan fingerprint density at radius 3 is 2.22 bits per heavy atom. The highest BCUT2D eigenvalue weighted by Crippen LogP contribution is 2.29. The predicted octanol–water partition coefficient (Wildman–Crippen LogP) is 7.15. The maximum atomic E-state index is 14.5. The summed E-state index contributed by atoms with van der Waals surface area (Å²) in [6.45, 7) is 7.52. The predicted molar refractivity (Wildman–Crippen MR) is 196 cm³/mol. The van der Waals surface area contributed by atoms with Crippen LogP contribution in [0.15, 0.2) is 77.7 Å². The molecule has 0 saturated carbocycles. The van der Waals surface area contributed by atoms with E-state index < -0.39 is 12.1 Å². The van der Waals surface area contributed by atoms with E-state index in [1.807, 2.05) is 66.6 Å². The molecule has 0 radical (unpaired) electrons. The molecule has 0 bridgehead atoms. The Morgan fingerprint density at radius 2 is 1.57 bits per heavy atom. The molecular weight excluding hydrogens is 637 g/mol. The van der Waals surface area contributed by atoms with Crippen LogP contribution in [0, 0.1) is 6.92 Å². The molecule has 1 aliphatic rings. The van der Waals surface area contributed by atoms with E-state index in [-0.39, 0.29) is 18.4 Å². The highest BCUT2D eigenvalue weighted by molar-refractivity contribution is 7.98. The molecular formula is C38H46N6O4S. The van der Waals surface area contributed by atoms with Gasteiger partial charge in [0.05, 0.1) is 23.9 Å². The topological polar surface area (TPSA) is 120 Å². The number of benzene rings is 3. The van der Waals surface area contributed by atoms with Crippen molar-refractivity contribution in [3.05, 3.63) is 101 Å². The summed E-state index contributed by atoms with van der Waals surface area (Å²) in [4.78, 5) is 45.9. The molecule has 4 amide bonds. The van der Waals surface area contributed by atoms with Crippen LogP contribution >= 0.6 is 11.8 Å². The van der Waals surface area contributed by atoms with E-state index in [0.717, 1.165) is 41.7 Å². The molecule has 258 valence electrons. The summed E-state index contributed by atoms with van der Waals surface area (Å²) in [5, 5.41) is 20.8. The Labute approximate surface area is 292 Å². The summed E-state index contributed by atoms with van der Waals surface area (Å²) in [5.41, 5.74) is 4.95. The van der Waals surface area contributed by atoms with Gasteiger partial charge in [-0.15, -0.1) is 11.8 Å². The molecule has 11 heteroatoms. The van der Waals surface area contributed by atoms with Crippen LogP contribution in [0.5, 0.6) is 0 Å². The fourth-order valence-corrected chi connectivity index (χ4v) is 6.49. The van der Waals surface area contributed by atoms with Crippen molar-refractivity contribution in [1.82, 2.24) is 19.6 Å². The molecule has 0 fully saturated rings. The Balaban J connectivity index is 1.50. The lowest BCUT2D eigenvalue weighted by Gasteiger charge is -2.36. The molecule has 1 aliphatic heterocycles. The number of carbonyl (C=O) groups excluding carboxylic acids is 3. The average molecular weight is 683 g/mol. The number of unbranched alkanes of at least 4 members (excludes halogenated alkanes) is 2. The maximum Gasteiger partial charge on any atom is 0.323 e. The van der Waals surface area contributed by atoms with Crippen molar-refractivity contribution in [3.63, 3.8) is 0 Å². The molecule has 4 aromatic rings. The van der Waals surface area contributed by atoms with E-state index in [1.165, 1.54) is 0 Å². The molecule has 3 N–H and O–H groups in total. The van der Waals surface area contributed by atoms with Crippen molar-refractivity contribution < 1.29 is 19.5 Å². The summed E-state index contributed by atoms with van der Waals surface area (Å²) in [6.07, 6.45) is 6.28. The molecule has 0 aliphatic carbocycles. The molecule has 1 atom stereocenters. The molecule has 0 unspecified atom stereocenters. The number of nitrogens with one attached hydrogen (secondary N) is 2. The van der Waals surface area contributed by atoms with Crippen LogP contribution in [-0.4, -0.2) is 74.5 Å². The Hall–Kier alpha value is -4.61. The number of aromatic nitrogens is 2. The first-order valence-corrected chi connectivity index (χ1v) is 18.2. The van der Waals surface area contributed by atoms with Crippen molar-refractivity contribution in [2.45, 2.75) is 70.4 Å². The van der Waals surface area contributed by atoms with E-state index in [2.05, 4.69) is 24.5 Å². The molecule has 10 nitrogen and oxygen atoms in total. The number of hydrogen-bond donors (Lipinski definition) is 3. The standard InChI is InChI=1S/C38H46N6O4S/c1-5-7-19-42(20-8-6-2)37(47)34-21-26(3)44(41-34)35-18-15-30(40-38(48)39-29-13-16-32(49-4)17-14-29)23-33(35)36(46)43-24-28-12-10-9-11-27(28)22-31(43)25-45/h9-18,21,23,31,45H,5-8,19-20,22,24-25H2,1-4H3,(H2,39,40,48)/t31-/m0/s1. The van der Waals surface area contributed by atoms with Gasteiger partial charge < -0.3 is 25.5 Å². The first kappa shape index (κ1) is 35.7. The second-order valence-electron chi connectivity index (χ2n) is 12.4. The van der Waals surface area contributed by atoms with Gasteiger partial charge in [0, 0.05) is 41.6 Å². The smallest absolute Gasteiger partial charge is 0.323 e. The number of urea groups is 1. The van der Waals surface area contributed by atoms with Crippen LogP contribution in [0.3, 0.4) is 0 Å². The second kappa shape index (κ2) is 16.7. The Morgan fingerprint density at radius 1 is 0.918 bits per heavy atom. The van der Waals surface area contributed by atoms with Gasteiger partial charge in [0.2, 0.25) is 0 Å². The van der Waals surface area contributed by atoms with Gasteiger partial charge in [-0.1, -0.05) is 51.0 Å². The van der Waals surface area contributed by atoms with Crippen LogP contribution in [0.1, 0.15) is 77.2 Å². The maximum absolute atomic E-state index is 14.5. The van der Waals surface area contributed by atoms with Crippen LogP contribution < -0.4 is 10.6 Å². The summed E-state index contributed by atoms with van der Waals surface area (Å²) in [7, 11) is 0. The SMILES string of the molecule is CCCCN(CCCC)C(=O)c1cc(C)n(-c2ccc(NC(=O)Nc3ccc(SC)cc3)cc2C(=O)N2Cc3ccccc3C[C@H]2CO)n1. The van der Waals surface area contributed by atoms with E-state index in [4.69, 9.17) is 5.10 Å². The van der Waals surface area contributed by atoms with Crippen LogP contribution in [-0.2, 0) is 13.0 Å². The minimum Gasteiger partial charge on any atom is -0.394 e. The van der Waals surface area contributed by atoms with Gasteiger partial charge in [-0.05, 0) is 92.1 Å². The highest BCUT2D eigenvalue weighted by atomic mass is 32.2. The van der Waals surface area contributed by atoms with Crippen LogP contribution in [0.25, 0.3) is 5.69 Å². The number of fused-ring (bicyclic) bond motifs is 1. The van der Waals surface area contributed by atoms with Crippen molar-refractivity contribution in [2.24, 2.45) is 0 Å². The first-order valence-electron chi connectivity index (χ1n) is 17.0. The largest absolute Gasteiger partial charge is 0.394 e. The van der Waals surface area contributed by atoms with E-state index in [1.54, 1.807) is 45.6 Å². The number of amides is 4. The fourth-order valence-electron chi connectivity index (χ4n) is 6.08. The van der Waals surface area contributed by atoms with E-state index >= 15 is 0 Å².